The van der Waals surface area contributed by atoms with Gasteiger partial charge < -0.3 is 9.30 Å². The number of hydrogen-bond donors (Lipinski definition) is 0. The first-order valence-electron chi connectivity index (χ1n) is 9.75. The Hall–Kier alpha value is -2.28. The Morgan fingerprint density at radius 3 is 2.67 bits per heavy atom. The average molecular weight is 366 g/mol. The van der Waals surface area contributed by atoms with Gasteiger partial charge in [0.1, 0.15) is 5.71 Å². The van der Waals surface area contributed by atoms with Crippen molar-refractivity contribution in [2.75, 3.05) is 5.01 Å². The zero-order valence-corrected chi connectivity index (χ0v) is 16.3. The molecule has 5 rings (SSSR count). The molecule has 0 saturated carbocycles. The molecule has 27 heavy (non-hydrogen) atoms. The molecule has 3 aliphatic heterocycles. The second-order valence-electron chi connectivity index (χ2n) is 8.88. The van der Waals surface area contributed by atoms with E-state index in [1.165, 1.54) is 5.69 Å². The van der Waals surface area contributed by atoms with Gasteiger partial charge in [-0.15, -0.1) is 0 Å². The van der Waals surface area contributed by atoms with Gasteiger partial charge in [0.25, 0.3) is 0 Å². The van der Waals surface area contributed by atoms with Crippen LogP contribution in [0.15, 0.2) is 29.9 Å². The minimum atomic E-state index is 0.0395. The molecule has 0 spiro atoms. The summed E-state index contributed by atoms with van der Waals surface area (Å²) in [6.45, 7) is 6.65. The first-order valence-corrected chi connectivity index (χ1v) is 9.75. The third-order valence-corrected chi connectivity index (χ3v) is 6.07. The third-order valence-electron chi connectivity index (χ3n) is 6.07. The quantitative estimate of drug-likeness (QED) is 0.817. The molecule has 2 fully saturated rings. The summed E-state index contributed by atoms with van der Waals surface area (Å²) in [5, 5.41) is 7.06. The number of hydrogen-bond acceptors (Lipinski definition) is 6. The van der Waals surface area contributed by atoms with Crippen molar-refractivity contribution in [1.29, 1.82) is 0 Å². The van der Waals surface area contributed by atoms with Gasteiger partial charge in [0, 0.05) is 42.7 Å². The van der Waals surface area contributed by atoms with Gasteiger partial charge in [-0.2, -0.15) is 5.10 Å². The maximum absolute atomic E-state index is 6.25. The van der Waals surface area contributed by atoms with Gasteiger partial charge in [0.15, 0.2) is 11.6 Å². The summed E-state index contributed by atoms with van der Waals surface area (Å²) in [6.07, 6.45) is 10.9. The highest BCUT2D eigenvalue weighted by atomic mass is 16.5. The van der Waals surface area contributed by atoms with Crippen LogP contribution in [0.4, 0.5) is 5.82 Å². The molecule has 3 aliphatic rings. The van der Waals surface area contributed by atoms with Crippen molar-refractivity contribution in [3.8, 4) is 0 Å². The van der Waals surface area contributed by atoms with E-state index in [4.69, 9.17) is 14.8 Å². The van der Waals surface area contributed by atoms with Crippen LogP contribution >= 0.6 is 0 Å². The standard InChI is InChI=1S/C20H26N6O/c1-20(2,3)15-10-23-19(25(15)4)17-13-9-12-5-6-14(27-12)18(13)26(24-17)16-11-21-7-8-22-16/h7-8,10-14,18H,5-6,9H2,1-4H3. The third kappa shape index (κ3) is 2.59. The lowest BCUT2D eigenvalue weighted by Gasteiger charge is -2.36. The molecule has 0 radical (unpaired) electrons. The van der Waals surface area contributed by atoms with Gasteiger partial charge in [-0.3, -0.25) is 4.98 Å². The molecular formula is C20H26N6O. The van der Waals surface area contributed by atoms with Crippen LogP contribution in [0.1, 0.15) is 51.6 Å². The van der Waals surface area contributed by atoms with Crippen molar-refractivity contribution >= 4 is 11.5 Å². The number of imidazole rings is 1. The SMILES string of the molecule is Cn1c(C(C)(C)C)cnc1C1=NN(c2cnccn2)C2C3CCC(CC12)O3. The number of rotatable bonds is 2. The van der Waals surface area contributed by atoms with Crippen LogP contribution in [0.3, 0.4) is 0 Å². The number of hydrazone groups is 1. The number of anilines is 1. The Kier molecular flexibility index (Phi) is 3.66. The van der Waals surface area contributed by atoms with Crippen molar-refractivity contribution in [3.05, 3.63) is 36.3 Å². The van der Waals surface area contributed by atoms with Crippen molar-refractivity contribution < 1.29 is 4.74 Å². The fourth-order valence-corrected chi connectivity index (χ4v) is 4.87. The molecule has 0 N–H and O–H groups in total. The molecule has 4 atom stereocenters. The van der Waals surface area contributed by atoms with E-state index in [1.807, 2.05) is 11.2 Å². The molecule has 7 nitrogen and oxygen atoms in total. The van der Waals surface area contributed by atoms with Crippen LogP contribution in [0.5, 0.6) is 0 Å². The van der Waals surface area contributed by atoms with E-state index in [2.05, 4.69) is 42.4 Å². The van der Waals surface area contributed by atoms with E-state index in [0.29, 0.717) is 12.0 Å². The van der Waals surface area contributed by atoms with E-state index in [-0.39, 0.29) is 17.6 Å². The fourth-order valence-electron chi connectivity index (χ4n) is 4.87. The van der Waals surface area contributed by atoms with Gasteiger partial charge >= 0.3 is 0 Å². The van der Waals surface area contributed by atoms with E-state index < -0.39 is 0 Å². The second-order valence-corrected chi connectivity index (χ2v) is 8.88. The van der Waals surface area contributed by atoms with Crippen LogP contribution in [0.25, 0.3) is 0 Å². The Morgan fingerprint density at radius 1 is 1.11 bits per heavy atom. The van der Waals surface area contributed by atoms with E-state index in [1.54, 1.807) is 18.6 Å². The topological polar surface area (TPSA) is 68.4 Å². The molecule has 2 aromatic heterocycles. The minimum absolute atomic E-state index is 0.0395. The Morgan fingerprint density at radius 2 is 1.96 bits per heavy atom. The Labute approximate surface area is 159 Å². The lowest BCUT2D eigenvalue weighted by atomic mass is 9.86. The fraction of sp³-hybridized carbons (Fsp3) is 0.600. The number of fused-ring (bicyclic) bond motifs is 4. The number of aromatic nitrogens is 4. The largest absolute Gasteiger partial charge is 0.373 e. The van der Waals surface area contributed by atoms with E-state index in [9.17, 15) is 0 Å². The van der Waals surface area contributed by atoms with Crippen molar-refractivity contribution in [2.24, 2.45) is 18.1 Å². The lowest BCUT2D eigenvalue weighted by Crippen LogP contribution is -2.47. The lowest BCUT2D eigenvalue weighted by molar-refractivity contribution is -0.0185. The van der Waals surface area contributed by atoms with Crippen LogP contribution in [0, 0.1) is 5.92 Å². The van der Waals surface area contributed by atoms with E-state index in [0.717, 1.165) is 36.6 Å². The van der Waals surface area contributed by atoms with Gasteiger partial charge in [-0.05, 0) is 19.3 Å². The van der Waals surface area contributed by atoms with Crippen LogP contribution in [0.2, 0.25) is 0 Å². The predicted octanol–water partition coefficient (Wildman–Crippen LogP) is 2.67. The number of nitrogens with zero attached hydrogens (tertiary/aromatic N) is 6. The molecule has 0 aromatic carbocycles. The highest BCUT2D eigenvalue weighted by molar-refractivity contribution is 6.02. The summed E-state index contributed by atoms with van der Waals surface area (Å²) in [5.74, 6) is 2.05. The predicted molar refractivity (Wildman–Crippen MR) is 103 cm³/mol. The molecule has 2 bridgehead atoms. The first kappa shape index (κ1) is 16.9. The highest BCUT2D eigenvalue weighted by Crippen LogP contribution is 2.44. The maximum atomic E-state index is 6.25. The van der Waals surface area contributed by atoms with Crippen molar-refractivity contribution in [2.45, 2.75) is 63.7 Å². The van der Waals surface area contributed by atoms with Gasteiger partial charge in [-0.1, -0.05) is 20.8 Å². The summed E-state index contributed by atoms with van der Waals surface area (Å²) < 4.78 is 8.45. The van der Waals surface area contributed by atoms with Crippen LogP contribution in [-0.2, 0) is 17.2 Å². The summed E-state index contributed by atoms with van der Waals surface area (Å²) in [7, 11) is 2.10. The molecule has 7 heteroatoms. The van der Waals surface area contributed by atoms with E-state index >= 15 is 0 Å². The zero-order valence-electron chi connectivity index (χ0n) is 16.3. The molecule has 0 aliphatic carbocycles. The molecule has 0 amide bonds. The second kappa shape index (κ2) is 5.86. The molecular weight excluding hydrogens is 340 g/mol. The molecule has 4 unspecified atom stereocenters. The van der Waals surface area contributed by atoms with Crippen LogP contribution < -0.4 is 5.01 Å². The summed E-state index contributed by atoms with van der Waals surface area (Å²) >= 11 is 0. The normalized spacial score (nSPS) is 29.8. The van der Waals surface area contributed by atoms with Gasteiger partial charge in [-0.25, -0.2) is 15.0 Å². The summed E-state index contributed by atoms with van der Waals surface area (Å²) in [4.78, 5) is 13.5. The monoisotopic (exact) mass is 366 g/mol. The van der Waals surface area contributed by atoms with Gasteiger partial charge in [0.2, 0.25) is 0 Å². The molecule has 142 valence electrons. The van der Waals surface area contributed by atoms with Crippen molar-refractivity contribution in [3.63, 3.8) is 0 Å². The highest BCUT2D eigenvalue weighted by Gasteiger charge is 2.52. The number of ether oxygens (including phenoxy) is 1. The summed E-state index contributed by atoms with van der Waals surface area (Å²) in [6, 6.07) is 0.172. The minimum Gasteiger partial charge on any atom is -0.373 e. The van der Waals surface area contributed by atoms with Crippen LogP contribution in [-0.4, -0.2) is 43.5 Å². The van der Waals surface area contributed by atoms with Gasteiger partial charge in [0.05, 0.1) is 24.4 Å². The molecule has 2 aromatic rings. The summed E-state index contributed by atoms with van der Waals surface area (Å²) in [5.41, 5.74) is 2.31. The molecule has 5 heterocycles. The molecule has 2 saturated heterocycles. The maximum Gasteiger partial charge on any atom is 0.167 e. The zero-order chi connectivity index (χ0) is 18.8. The Bertz CT molecular complexity index is 884. The first-order chi connectivity index (χ1) is 12.9. The smallest absolute Gasteiger partial charge is 0.167 e. The Balaban J connectivity index is 1.60. The average Bonchev–Trinajstić information content (AvgIpc) is 3.31. The van der Waals surface area contributed by atoms with Crippen molar-refractivity contribution in [1.82, 2.24) is 19.5 Å².